The van der Waals surface area contributed by atoms with Gasteiger partial charge in [-0.15, -0.1) is 13.2 Å². The quantitative estimate of drug-likeness (QED) is 0.856. The maximum atomic E-state index is 12.1. The summed E-state index contributed by atoms with van der Waals surface area (Å²) >= 11 is 5.76. The van der Waals surface area contributed by atoms with Gasteiger partial charge in [-0.05, 0) is 36.5 Å². The third-order valence-electron chi connectivity index (χ3n) is 2.66. The third kappa shape index (κ3) is 5.70. The molecule has 0 unspecified atom stereocenters. The van der Waals surface area contributed by atoms with Gasteiger partial charge in [0.15, 0.2) is 0 Å². The summed E-state index contributed by atoms with van der Waals surface area (Å²) in [5.41, 5.74) is 6.68. The fourth-order valence-electron chi connectivity index (χ4n) is 1.63. The molecule has 6 heteroatoms. The molecule has 0 heterocycles. The van der Waals surface area contributed by atoms with Crippen LogP contribution in [0.15, 0.2) is 18.2 Å². The number of ether oxygens (including phenoxy) is 1. The largest absolute Gasteiger partial charge is 0.573 e. The SMILES string of the molecule is CC(C)CC[C@@H](N)c1ccc(OC(F)(F)F)c(Cl)c1. The molecule has 0 aliphatic heterocycles. The van der Waals surface area contributed by atoms with Crippen molar-refractivity contribution < 1.29 is 17.9 Å². The second kappa shape index (κ2) is 6.48. The van der Waals surface area contributed by atoms with E-state index in [9.17, 15) is 13.2 Å². The number of benzene rings is 1. The van der Waals surface area contributed by atoms with Crippen LogP contribution in [0.4, 0.5) is 13.2 Å². The summed E-state index contributed by atoms with van der Waals surface area (Å²) in [5, 5.41) is -0.0881. The van der Waals surface area contributed by atoms with Gasteiger partial charge in [-0.3, -0.25) is 0 Å². The molecule has 0 aliphatic rings. The Bertz CT molecular complexity index is 421. The van der Waals surface area contributed by atoms with E-state index in [1.54, 1.807) is 0 Å². The molecule has 1 aromatic carbocycles. The standard InChI is InChI=1S/C13H17ClF3NO/c1-8(2)3-5-11(18)9-4-6-12(10(14)7-9)19-13(15,16)17/h4,6-8,11H,3,5,18H2,1-2H3/t11-/m1/s1. The van der Waals surface area contributed by atoms with E-state index in [-0.39, 0.29) is 11.1 Å². The molecule has 0 bridgehead atoms. The van der Waals surface area contributed by atoms with E-state index >= 15 is 0 Å². The Kier molecular flexibility index (Phi) is 5.50. The van der Waals surface area contributed by atoms with Gasteiger partial charge in [0.1, 0.15) is 5.75 Å². The van der Waals surface area contributed by atoms with Crippen LogP contribution in [0.5, 0.6) is 5.75 Å². The molecule has 0 aliphatic carbocycles. The average Bonchev–Trinajstić information content (AvgIpc) is 2.27. The van der Waals surface area contributed by atoms with E-state index in [0.717, 1.165) is 12.8 Å². The van der Waals surface area contributed by atoms with E-state index < -0.39 is 12.1 Å². The fraction of sp³-hybridized carbons (Fsp3) is 0.538. The minimum absolute atomic E-state index is 0.0881. The highest BCUT2D eigenvalue weighted by molar-refractivity contribution is 6.32. The van der Waals surface area contributed by atoms with Crippen LogP contribution in [0.25, 0.3) is 0 Å². The normalized spacial score (nSPS) is 13.7. The van der Waals surface area contributed by atoms with Crippen LogP contribution in [-0.4, -0.2) is 6.36 Å². The highest BCUT2D eigenvalue weighted by Gasteiger charge is 2.32. The van der Waals surface area contributed by atoms with Crippen molar-refractivity contribution in [2.24, 2.45) is 11.7 Å². The van der Waals surface area contributed by atoms with Crippen molar-refractivity contribution in [3.63, 3.8) is 0 Å². The van der Waals surface area contributed by atoms with E-state index in [1.807, 2.05) is 0 Å². The van der Waals surface area contributed by atoms with Gasteiger partial charge in [-0.25, -0.2) is 0 Å². The summed E-state index contributed by atoms with van der Waals surface area (Å²) in [4.78, 5) is 0. The lowest BCUT2D eigenvalue weighted by molar-refractivity contribution is -0.274. The zero-order chi connectivity index (χ0) is 14.6. The lowest BCUT2D eigenvalue weighted by Gasteiger charge is -2.16. The summed E-state index contributed by atoms with van der Waals surface area (Å²) in [7, 11) is 0. The number of hydrogen-bond acceptors (Lipinski definition) is 2. The van der Waals surface area contributed by atoms with Crippen molar-refractivity contribution in [1.82, 2.24) is 0 Å². The maximum Gasteiger partial charge on any atom is 0.573 e. The van der Waals surface area contributed by atoms with Crippen molar-refractivity contribution in [3.05, 3.63) is 28.8 Å². The molecule has 0 saturated heterocycles. The van der Waals surface area contributed by atoms with Gasteiger partial charge in [0, 0.05) is 6.04 Å². The highest BCUT2D eigenvalue weighted by atomic mass is 35.5. The average molecular weight is 296 g/mol. The molecule has 1 atom stereocenters. The smallest absolute Gasteiger partial charge is 0.404 e. The monoisotopic (exact) mass is 295 g/mol. The Morgan fingerprint density at radius 1 is 1.26 bits per heavy atom. The van der Waals surface area contributed by atoms with Crippen LogP contribution in [0.2, 0.25) is 5.02 Å². The van der Waals surface area contributed by atoms with Gasteiger partial charge >= 0.3 is 6.36 Å². The molecule has 0 spiro atoms. The van der Waals surface area contributed by atoms with Gasteiger partial charge in [-0.1, -0.05) is 31.5 Å². The lowest BCUT2D eigenvalue weighted by Crippen LogP contribution is -2.17. The topological polar surface area (TPSA) is 35.2 Å². The third-order valence-corrected chi connectivity index (χ3v) is 2.96. The molecule has 108 valence electrons. The van der Waals surface area contributed by atoms with E-state index in [1.165, 1.54) is 18.2 Å². The van der Waals surface area contributed by atoms with Crippen molar-refractivity contribution in [2.75, 3.05) is 0 Å². The van der Waals surface area contributed by atoms with Gasteiger partial charge in [0.2, 0.25) is 0 Å². The molecule has 2 N–H and O–H groups in total. The summed E-state index contributed by atoms with van der Waals surface area (Å²) < 4.78 is 40.0. The zero-order valence-corrected chi connectivity index (χ0v) is 11.6. The second-order valence-electron chi connectivity index (χ2n) is 4.82. The number of alkyl halides is 3. The predicted octanol–water partition coefficient (Wildman–Crippen LogP) is 4.67. The van der Waals surface area contributed by atoms with Crippen LogP contribution >= 0.6 is 11.6 Å². The van der Waals surface area contributed by atoms with Crippen molar-refractivity contribution in [2.45, 2.75) is 39.1 Å². The zero-order valence-electron chi connectivity index (χ0n) is 10.8. The van der Waals surface area contributed by atoms with Gasteiger partial charge in [0.25, 0.3) is 0 Å². The molecule has 2 nitrogen and oxygen atoms in total. The second-order valence-corrected chi connectivity index (χ2v) is 5.22. The Hall–Kier alpha value is -0.940. The first-order valence-corrected chi connectivity index (χ1v) is 6.37. The molecular weight excluding hydrogens is 279 g/mol. The molecule has 1 aromatic rings. The van der Waals surface area contributed by atoms with E-state index in [2.05, 4.69) is 18.6 Å². The van der Waals surface area contributed by atoms with Crippen molar-refractivity contribution in [1.29, 1.82) is 0 Å². The van der Waals surface area contributed by atoms with Crippen LogP contribution < -0.4 is 10.5 Å². The molecule has 0 fully saturated rings. The molecule has 0 aromatic heterocycles. The van der Waals surface area contributed by atoms with E-state index in [0.29, 0.717) is 11.5 Å². The maximum absolute atomic E-state index is 12.1. The summed E-state index contributed by atoms with van der Waals surface area (Å²) in [5.74, 6) is 0.114. The van der Waals surface area contributed by atoms with Gasteiger partial charge < -0.3 is 10.5 Å². The number of rotatable bonds is 5. The Morgan fingerprint density at radius 2 is 1.89 bits per heavy atom. The number of hydrogen-bond donors (Lipinski definition) is 1. The first kappa shape index (κ1) is 16.1. The Labute approximate surface area is 115 Å². The van der Waals surface area contributed by atoms with Gasteiger partial charge in [-0.2, -0.15) is 0 Å². The molecule has 1 rings (SSSR count). The first-order chi connectivity index (χ1) is 8.69. The van der Waals surface area contributed by atoms with Crippen LogP contribution in [-0.2, 0) is 0 Å². The molecular formula is C13H17ClF3NO. The minimum Gasteiger partial charge on any atom is -0.404 e. The summed E-state index contributed by atoms with van der Waals surface area (Å²) in [6.07, 6.45) is -3.04. The number of halogens is 4. The van der Waals surface area contributed by atoms with Gasteiger partial charge in [0.05, 0.1) is 5.02 Å². The Morgan fingerprint density at radius 3 is 2.37 bits per heavy atom. The Balaban J connectivity index is 2.76. The summed E-state index contributed by atoms with van der Waals surface area (Å²) in [6.45, 7) is 4.17. The molecule has 0 amide bonds. The summed E-state index contributed by atoms with van der Waals surface area (Å²) in [6, 6.07) is 3.89. The van der Waals surface area contributed by atoms with Crippen LogP contribution in [0, 0.1) is 5.92 Å². The first-order valence-electron chi connectivity index (χ1n) is 6.00. The molecule has 19 heavy (non-hydrogen) atoms. The highest BCUT2D eigenvalue weighted by Crippen LogP contribution is 2.32. The van der Waals surface area contributed by atoms with Crippen LogP contribution in [0.3, 0.4) is 0 Å². The van der Waals surface area contributed by atoms with Crippen LogP contribution in [0.1, 0.15) is 38.3 Å². The molecule has 0 saturated carbocycles. The predicted molar refractivity (Wildman–Crippen MR) is 69.1 cm³/mol. The van der Waals surface area contributed by atoms with Crippen molar-refractivity contribution >= 4 is 11.6 Å². The number of nitrogens with two attached hydrogens (primary N) is 1. The van der Waals surface area contributed by atoms with E-state index in [4.69, 9.17) is 17.3 Å². The minimum atomic E-state index is -4.75. The van der Waals surface area contributed by atoms with Crippen molar-refractivity contribution in [3.8, 4) is 5.75 Å². The lowest BCUT2D eigenvalue weighted by atomic mass is 9.98. The fourth-order valence-corrected chi connectivity index (χ4v) is 1.86. The molecule has 0 radical (unpaired) electrons.